The van der Waals surface area contributed by atoms with Crippen LogP contribution in [-0.2, 0) is 20.3 Å². The third-order valence-corrected chi connectivity index (χ3v) is 4.11. The number of hydrogen-bond acceptors (Lipinski definition) is 4. The van der Waals surface area contributed by atoms with Gasteiger partial charge in [0.05, 0.1) is 18.9 Å². The van der Waals surface area contributed by atoms with Gasteiger partial charge in [0.25, 0.3) is 0 Å². The Hall–Kier alpha value is -1.12. The molecule has 0 spiro atoms. The summed E-state index contributed by atoms with van der Waals surface area (Å²) in [5, 5.41) is 0. The first-order chi connectivity index (χ1) is 9.02. The van der Waals surface area contributed by atoms with Crippen LogP contribution < -0.4 is 4.74 Å². The molecule has 2 unspecified atom stereocenters. The lowest BCUT2D eigenvalue weighted by Gasteiger charge is -2.13. The van der Waals surface area contributed by atoms with Crippen LogP contribution in [-0.4, -0.2) is 24.7 Å². The number of ketones is 1. The van der Waals surface area contributed by atoms with E-state index in [1.807, 2.05) is 38.1 Å². The Labute approximate surface area is 115 Å². The van der Waals surface area contributed by atoms with Crippen LogP contribution in [0.25, 0.3) is 0 Å². The van der Waals surface area contributed by atoms with Gasteiger partial charge in [-0.25, -0.2) is 0 Å². The lowest BCUT2D eigenvalue weighted by atomic mass is 10.1. The Morgan fingerprint density at radius 3 is 2.47 bits per heavy atom. The van der Waals surface area contributed by atoms with Gasteiger partial charge in [0, 0.05) is 6.42 Å². The largest absolute Gasteiger partial charge is 0.493 e. The summed E-state index contributed by atoms with van der Waals surface area (Å²) >= 11 is 0. The molecule has 0 fully saturated rings. The molecule has 0 saturated heterocycles. The van der Waals surface area contributed by atoms with Crippen molar-refractivity contribution >= 4 is 13.8 Å². The first kappa shape index (κ1) is 15.9. The van der Waals surface area contributed by atoms with Gasteiger partial charge >= 0.3 is 0 Å². The fourth-order valence-corrected chi connectivity index (χ4v) is 2.35. The molecule has 1 aromatic carbocycles. The number of rotatable bonds is 8. The molecule has 0 bridgehead atoms. The van der Waals surface area contributed by atoms with Crippen molar-refractivity contribution in [2.24, 2.45) is 0 Å². The fraction of sp³-hybridized carbons (Fsp3) is 0.500. The summed E-state index contributed by atoms with van der Waals surface area (Å²) in [7, 11) is -2.03. The summed E-state index contributed by atoms with van der Waals surface area (Å²) in [5.41, 5.74) is 0.859. The molecule has 4 nitrogen and oxygen atoms in total. The van der Waals surface area contributed by atoms with Crippen molar-refractivity contribution < 1.29 is 18.6 Å². The van der Waals surface area contributed by atoms with E-state index in [1.54, 1.807) is 6.92 Å². The molecule has 2 atom stereocenters. The number of carbonyl (C=O) groups excluding carboxylic acids is 1. The summed E-state index contributed by atoms with van der Waals surface area (Å²) in [4.78, 5) is 11.0. The topological polar surface area (TPSA) is 52.6 Å². The Kier molecular flexibility index (Phi) is 6.82. The molecule has 0 saturated carbocycles. The highest BCUT2D eigenvalue weighted by atomic mass is 31.1. The van der Waals surface area contributed by atoms with Gasteiger partial charge < -0.3 is 9.26 Å². The van der Waals surface area contributed by atoms with E-state index in [4.69, 9.17) is 9.26 Å². The molecule has 19 heavy (non-hydrogen) atoms. The summed E-state index contributed by atoms with van der Waals surface area (Å²) < 4.78 is 22.2. The lowest BCUT2D eigenvalue weighted by Crippen LogP contribution is -2.11. The van der Waals surface area contributed by atoms with Gasteiger partial charge in [-0.15, -0.1) is 0 Å². The number of carbonyl (C=O) groups is 1. The average molecular weight is 284 g/mol. The molecule has 0 heterocycles. The molecular formula is C14H21O4P. The van der Waals surface area contributed by atoms with Gasteiger partial charge in [-0.2, -0.15) is 0 Å². The monoisotopic (exact) mass is 284 g/mol. The normalized spacial score (nSPS) is 13.8. The minimum absolute atomic E-state index is 0.109. The highest BCUT2D eigenvalue weighted by molar-refractivity contribution is 7.40. The Morgan fingerprint density at radius 2 is 1.95 bits per heavy atom. The molecule has 0 aromatic heterocycles. The van der Waals surface area contributed by atoms with E-state index in [1.165, 1.54) is 0 Å². The maximum absolute atomic E-state index is 11.6. The SMILES string of the molecule is CCO[PH](=O)C(C)COc1ccc(CC(C)=O)cc1. The van der Waals surface area contributed by atoms with Gasteiger partial charge in [0.1, 0.15) is 11.5 Å². The molecule has 1 rings (SSSR count). The van der Waals surface area contributed by atoms with Crippen molar-refractivity contribution in [3.63, 3.8) is 0 Å². The van der Waals surface area contributed by atoms with Crippen LogP contribution in [0.4, 0.5) is 0 Å². The van der Waals surface area contributed by atoms with Crippen molar-refractivity contribution in [3.05, 3.63) is 29.8 Å². The van der Waals surface area contributed by atoms with Crippen molar-refractivity contribution in [1.29, 1.82) is 0 Å². The van der Waals surface area contributed by atoms with E-state index in [9.17, 15) is 9.36 Å². The molecule has 5 heteroatoms. The Bertz CT molecular complexity index is 428. The van der Waals surface area contributed by atoms with Crippen LogP contribution in [0.3, 0.4) is 0 Å². The van der Waals surface area contributed by atoms with E-state index >= 15 is 0 Å². The van der Waals surface area contributed by atoms with Crippen LogP contribution in [0.1, 0.15) is 26.3 Å². The highest BCUT2D eigenvalue weighted by Gasteiger charge is 2.11. The Morgan fingerprint density at radius 1 is 1.32 bits per heavy atom. The third kappa shape index (κ3) is 6.04. The van der Waals surface area contributed by atoms with E-state index in [0.717, 1.165) is 5.56 Å². The van der Waals surface area contributed by atoms with E-state index in [0.29, 0.717) is 25.4 Å². The predicted octanol–water partition coefficient (Wildman–Crippen LogP) is 3.10. The van der Waals surface area contributed by atoms with Crippen LogP contribution in [0.2, 0.25) is 0 Å². The van der Waals surface area contributed by atoms with E-state index in [-0.39, 0.29) is 11.4 Å². The molecular weight excluding hydrogens is 263 g/mol. The molecule has 1 aromatic rings. The smallest absolute Gasteiger partial charge is 0.197 e. The van der Waals surface area contributed by atoms with Crippen molar-refractivity contribution in [1.82, 2.24) is 0 Å². The average Bonchev–Trinajstić information content (AvgIpc) is 2.37. The number of hydrogen-bond donors (Lipinski definition) is 0. The quantitative estimate of drug-likeness (QED) is 0.688. The fourth-order valence-electron chi connectivity index (χ4n) is 1.56. The zero-order valence-electron chi connectivity index (χ0n) is 11.6. The first-order valence-electron chi connectivity index (χ1n) is 6.40. The summed E-state index contributed by atoms with van der Waals surface area (Å²) in [6, 6.07) is 7.38. The van der Waals surface area contributed by atoms with Gasteiger partial charge in [-0.05, 0) is 31.5 Å². The molecule has 0 radical (unpaired) electrons. The maximum Gasteiger partial charge on any atom is 0.197 e. The van der Waals surface area contributed by atoms with Gasteiger partial charge in [0.2, 0.25) is 0 Å². The molecule has 0 aliphatic rings. The lowest BCUT2D eigenvalue weighted by molar-refractivity contribution is -0.116. The van der Waals surface area contributed by atoms with Crippen molar-refractivity contribution in [2.45, 2.75) is 32.9 Å². The molecule has 0 amide bonds. The first-order valence-corrected chi connectivity index (χ1v) is 7.80. The number of ether oxygens (including phenoxy) is 1. The second-order valence-corrected chi connectivity index (χ2v) is 6.40. The number of Topliss-reactive ketones (excluding diaryl/α,β-unsaturated/α-hetero) is 1. The second-order valence-electron chi connectivity index (χ2n) is 4.49. The van der Waals surface area contributed by atoms with Gasteiger partial charge in [-0.3, -0.25) is 9.36 Å². The van der Waals surface area contributed by atoms with Crippen LogP contribution >= 0.6 is 8.03 Å². The van der Waals surface area contributed by atoms with Crippen LogP contribution in [0, 0.1) is 0 Å². The zero-order valence-corrected chi connectivity index (χ0v) is 12.6. The summed E-state index contributed by atoms with van der Waals surface area (Å²) in [6.07, 6.45) is 0.439. The molecule has 0 aliphatic heterocycles. The number of benzene rings is 1. The van der Waals surface area contributed by atoms with E-state index < -0.39 is 8.03 Å². The minimum atomic E-state index is -2.03. The molecule has 106 valence electrons. The highest BCUT2D eigenvalue weighted by Crippen LogP contribution is 2.29. The van der Waals surface area contributed by atoms with Gasteiger partial charge in [-0.1, -0.05) is 19.1 Å². The van der Waals surface area contributed by atoms with Gasteiger partial charge in [0.15, 0.2) is 8.03 Å². The third-order valence-electron chi connectivity index (χ3n) is 2.57. The summed E-state index contributed by atoms with van der Waals surface area (Å²) in [5.74, 6) is 0.850. The molecule has 0 aliphatic carbocycles. The van der Waals surface area contributed by atoms with Crippen molar-refractivity contribution in [2.75, 3.05) is 13.2 Å². The predicted molar refractivity (Wildman–Crippen MR) is 76.4 cm³/mol. The second kappa shape index (κ2) is 8.13. The van der Waals surface area contributed by atoms with Crippen molar-refractivity contribution in [3.8, 4) is 5.75 Å². The zero-order chi connectivity index (χ0) is 14.3. The Balaban J connectivity index is 2.45. The minimum Gasteiger partial charge on any atom is -0.493 e. The van der Waals surface area contributed by atoms with E-state index in [2.05, 4.69) is 0 Å². The van der Waals surface area contributed by atoms with Crippen LogP contribution in [0.5, 0.6) is 5.75 Å². The molecule has 0 N–H and O–H groups in total. The van der Waals surface area contributed by atoms with Crippen LogP contribution in [0.15, 0.2) is 24.3 Å². The summed E-state index contributed by atoms with van der Waals surface area (Å²) in [6.45, 7) is 6.06. The standard InChI is InChI=1S/C14H21O4P/c1-4-18-19(16)12(3)10-17-14-7-5-13(6-8-14)9-11(2)15/h5-8,12,19H,4,9-10H2,1-3H3. The maximum atomic E-state index is 11.6.